The van der Waals surface area contributed by atoms with E-state index in [0.717, 1.165) is 17.7 Å². The molecule has 0 atom stereocenters. The molecular weight excluding hydrogens is 498 g/mol. The Balaban J connectivity index is 1.43. The Kier molecular flexibility index (Phi) is 6.86. The first kappa shape index (κ1) is 24.4. The highest BCUT2D eigenvalue weighted by Gasteiger charge is 2.21. The summed E-state index contributed by atoms with van der Waals surface area (Å²) in [6.07, 6.45) is 5.94. The van der Waals surface area contributed by atoms with Crippen LogP contribution in [-0.4, -0.2) is 60.7 Å². The van der Waals surface area contributed by atoms with Crippen LogP contribution in [0.4, 0.5) is 0 Å². The van der Waals surface area contributed by atoms with Crippen LogP contribution in [0.5, 0.6) is 5.88 Å². The van der Waals surface area contributed by atoms with Crippen molar-refractivity contribution in [3.63, 3.8) is 0 Å². The standard InChI is InChI=1S/C24H25N7O5S/c1-2-36-20(32)4-3-9-25-23(34)18-8-7-17(37-18)15-11-19(27-14-5-6-14)31-21(28-15)13(12-26-31)10-16-22(33)30-24(35)29-16/h7-8,10-12,14,33H,2-6,9H2,1H3,(H,25,34)(H2,29,30,35)/b13-10-,27-19?. The second-order valence-corrected chi connectivity index (χ2v) is 9.59. The van der Waals surface area contributed by atoms with E-state index in [1.54, 1.807) is 29.8 Å². The Bertz CT molecular complexity index is 1640. The highest BCUT2D eigenvalue weighted by atomic mass is 32.1. The van der Waals surface area contributed by atoms with Crippen molar-refractivity contribution in [3.8, 4) is 16.5 Å². The first-order valence-electron chi connectivity index (χ1n) is 11.9. The van der Waals surface area contributed by atoms with E-state index in [0.29, 0.717) is 46.5 Å². The number of rotatable bonds is 9. The van der Waals surface area contributed by atoms with Crippen molar-refractivity contribution in [2.45, 2.75) is 38.6 Å². The molecule has 1 aliphatic rings. The van der Waals surface area contributed by atoms with Crippen molar-refractivity contribution in [1.29, 1.82) is 0 Å². The summed E-state index contributed by atoms with van der Waals surface area (Å²) in [5, 5.41) is 17.8. The smallest absolute Gasteiger partial charge is 0.326 e. The number of ether oxygens (including phenoxy) is 1. The lowest BCUT2D eigenvalue weighted by molar-refractivity contribution is -0.143. The number of carbonyl (C=O) groups excluding carboxylic acids is 2. The highest BCUT2D eigenvalue weighted by molar-refractivity contribution is 7.17. The Morgan fingerprint density at radius 1 is 1.35 bits per heavy atom. The van der Waals surface area contributed by atoms with Gasteiger partial charge in [0.1, 0.15) is 5.69 Å². The van der Waals surface area contributed by atoms with E-state index in [-0.39, 0.29) is 35.9 Å². The van der Waals surface area contributed by atoms with Gasteiger partial charge in [0.15, 0.2) is 11.1 Å². The second-order valence-electron chi connectivity index (χ2n) is 8.51. The third-order valence-electron chi connectivity index (χ3n) is 5.61. The maximum atomic E-state index is 12.6. The van der Waals surface area contributed by atoms with Gasteiger partial charge in [0, 0.05) is 24.3 Å². The van der Waals surface area contributed by atoms with Crippen LogP contribution in [-0.2, 0) is 9.53 Å². The Hall–Kier alpha value is -4.26. The number of thiophene rings is 1. The van der Waals surface area contributed by atoms with Crippen molar-refractivity contribution in [2.24, 2.45) is 4.99 Å². The molecule has 4 N–H and O–H groups in total. The third-order valence-corrected chi connectivity index (χ3v) is 6.71. The van der Waals surface area contributed by atoms with Gasteiger partial charge in [-0.25, -0.2) is 9.78 Å². The number of nitrogens with one attached hydrogen (secondary N) is 3. The van der Waals surface area contributed by atoms with E-state index in [9.17, 15) is 19.5 Å². The molecule has 0 spiro atoms. The lowest BCUT2D eigenvalue weighted by Gasteiger charge is -2.04. The predicted octanol–water partition coefficient (Wildman–Crippen LogP) is 0.864. The zero-order valence-electron chi connectivity index (χ0n) is 20.0. The molecule has 1 saturated carbocycles. The fourth-order valence-corrected chi connectivity index (χ4v) is 4.56. The maximum Gasteiger partial charge on any atom is 0.326 e. The van der Waals surface area contributed by atoms with Crippen LogP contribution in [0, 0.1) is 0 Å². The first-order chi connectivity index (χ1) is 17.9. The van der Waals surface area contributed by atoms with Gasteiger partial charge in [-0.15, -0.1) is 11.3 Å². The maximum absolute atomic E-state index is 12.6. The summed E-state index contributed by atoms with van der Waals surface area (Å²) in [4.78, 5) is 51.2. The highest BCUT2D eigenvalue weighted by Crippen LogP contribution is 2.27. The molecule has 0 aromatic carbocycles. The van der Waals surface area contributed by atoms with Gasteiger partial charge < -0.3 is 20.1 Å². The van der Waals surface area contributed by atoms with Crippen molar-refractivity contribution >= 4 is 34.9 Å². The molecule has 0 unspecified atom stereocenters. The van der Waals surface area contributed by atoms with Crippen LogP contribution < -0.4 is 21.7 Å². The predicted molar refractivity (Wildman–Crippen MR) is 135 cm³/mol. The van der Waals surface area contributed by atoms with E-state index in [1.165, 1.54) is 11.3 Å². The SMILES string of the molecule is CCOC(=O)CCCNC(=O)c1ccc(-c2cc(=NC3CC3)n3nc/c(=C/c4[nH]c(=O)[nH]c4O)c3n2)s1. The molecule has 4 aromatic rings. The molecule has 4 heterocycles. The number of hydrogen-bond donors (Lipinski definition) is 4. The Labute approximate surface area is 213 Å². The summed E-state index contributed by atoms with van der Waals surface area (Å²) < 4.78 is 6.52. The van der Waals surface area contributed by atoms with E-state index in [2.05, 4.69) is 20.4 Å². The van der Waals surface area contributed by atoms with E-state index >= 15 is 0 Å². The third kappa shape index (κ3) is 5.61. The number of fused-ring (bicyclic) bond motifs is 1. The molecule has 1 fully saturated rings. The number of amides is 1. The van der Waals surface area contributed by atoms with E-state index in [1.807, 2.05) is 12.1 Å². The van der Waals surface area contributed by atoms with Gasteiger partial charge in [0.05, 0.1) is 34.3 Å². The summed E-state index contributed by atoms with van der Waals surface area (Å²) in [5.41, 5.74) is 1.44. The number of hydrogen-bond acceptors (Lipinski definition) is 9. The zero-order valence-corrected chi connectivity index (χ0v) is 20.8. The van der Waals surface area contributed by atoms with E-state index in [4.69, 9.17) is 14.7 Å². The van der Waals surface area contributed by atoms with Crippen LogP contribution in [0.25, 0.3) is 22.3 Å². The van der Waals surface area contributed by atoms with Gasteiger partial charge in [-0.3, -0.25) is 19.6 Å². The summed E-state index contributed by atoms with van der Waals surface area (Å²) in [6, 6.07) is 5.63. The quantitative estimate of drug-likeness (QED) is 0.186. The largest absolute Gasteiger partial charge is 0.493 e. The zero-order chi connectivity index (χ0) is 25.9. The van der Waals surface area contributed by atoms with Crippen molar-refractivity contribution in [3.05, 3.63) is 56.2 Å². The molecule has 13 heteroatoms. The molecule has 1 amide bonds. The summed E-state index contributed by atoms with van der Waals surface area (Å²) in [5.74, 6) is -0.785. The van der Waals surface area contributed by atoms with Crippen molar-refractivity contribution in [1.82, 2.24) is 29.9 Å². The minimum atomic E-state index is -0.524. The van der Waals surface area contributed by atoms with Crippen LogP contribution in [0.3, 0.4) is 0 Å². The number of H-pyrrole nitrogens is 2. The number of imidazole rings is 1. The average Bonchev–Trinajstić information content (AvgIpc) is 3.24. The molecule has 5 rings (SSSR count). The molecule has 1 aliphatic carbocycles. The number of aromatic hydroxyl groups is 1. The summed E-state index contributed by atoms with van der Waals surface area (Å²) >= 11 is 1.30. The Morgan fingerprint density at radius 2 is 2.19 bits per heavy atom. The van der Waals surface area contributed by atoms with Gasteiger partial charge >= 0.3 is 11.7 Å². The molecule has 0 radical (unpaired) electrons. The molecule has 0 bridgehead atoms. The molecular formula is C24H25N7O5S. The summed E-state index contributed by atoms with van der Waals surface area (Å²) in [7, 11) is 0. The van der Waals surface area contributed by atoms with Crippen molar-refractivity contribution in [2.75, 3.05) is 13.2 Å². The first-order valence-corrected chi connectivity index (χ1v) is 12.7. The van der Waals surface area contributed by atoms with Crippen molar-refractivity contribution < 1.29 is 19.4 Å². The number of esters is 1. The fourth-order valence-electron chi connectivity index (χ4n) is 3.67. The lowest BCUT2D eigenvalue weighted by atomic mass is 10.3. The topological polar surface area (TPSA) is 167 Å². The molecule has 192 valence electrons. The molecule has 0 saturated heterocycles. The van der Waals surface area contributed by atoms with Crippen LogP contribution in [0.1, 0.15) is 48.0 Å². The van der Waals surface area contributed by atoms with E-state index < -0.39 is 5.69 Å². The normalized spacial score (nSPS) is 14.4. The lowest BCUT2D eigenvalue weighted by Crippen LogP contribution is -2.24. The minimum absolute atomic E-state index is 0.214. The molecule has 4 aromatic heterocycles. The average molecular weight is 524 g/mol. The van der Waals surface area contributed by atoms with Crippen LogP contribution in [0.15, 0.2) is 34.2 Å². The number of nitrogens with zero attached hydrogens (tertiary/aromatic N) is 4. The van der Waals surface area contributed by atoms with Gasteiger partial charge in [-0.05, 0) is 44.4 Å². The Morgan fingerprint density at radius 3 is 2.92 bits per heavy atom. The molecule has 12 nitrogen and oxygen atoms in total. The van der Waals surface area contributed by atoms with Crippen LogP contribution >= 0.6 is 11.3 Å². The van der Waals surface area contributed by atoms with Gasteiger partial charge in [0.25, 0.3) is 5.91 Å². The minimum Gasteiger partial charge on any atom is -0.493 e. The summed E-state index contributed by atoms with van der Waals surface area (Å²) in [6.45, 7) is 2.46. The molecule has 37 heavy (non-hydrogen) atoms. The van der Waals surface area contributed by atoms with Gasteiger partial charge in [0.2, 0.25) is 5.88 Å². The van der Waals surface area contributed by atoms with Gasteiger partial charge in [-0.1, -0.05) is 0 Å². The molecule has 0 aliphatic heterocycles. The fraction of sp³-hybridized carbons (Fsp3) is 0.333. The second kappa shape index (κ2) is 10.4. The number of carbonyl (C=O) groups is 2. The number of aromatic nitrogens is 5. The monoisotopic (exact) mass is 523 g/mol. The van der Waals surface area contributed by atoms with Gasteiger partial charge in [-0.2, -0.15) is 9.61 Å². The van der Waals surface area contributed by atoms with Crippen LogP contribution in [0.2, 0.25) is 0 Å². The number of aromatic amines is 2.